The van der Waals surface area contributed by atoms with Gasteiger partial charge in [0, 0.05) is 17.3 Å². The number of hydrogen-bond donors (Lipinski definition) is 1. The first kappa shape index (κ1) is 28.1. The number of benzene rings is 2. The van der Waals surface area contributed by atoms with E-state index in [0.29, 0.717) is 12.1 Å². The number of ether oxygens (including phenoxy) is 1. The second-order valence-corrected chi connectivity index (χ2v) is 7.14. The summed E-state index contributed by atoms with van der Waals surface area (Å²) in [7, 11) is 0. The Hall–Kier alpha value is -3.18. The maximum absolute atomic E-state index is 14.8. The van der Waals surface area contributed by atoms with Gasteiger partial charge < -0.3 is 10.1 Å². The highest BCUT2D eigenvalue weighted by molar-refractivity contribution is 9.10. The molecule has 2 rings (SSSR count). The van der Waals surface area contributed by atoms with Gasteiger partial charge in [0.05, 0.1) is 15.0 Å². The molecule has 0 spiro atoms. The SMILES string of the molecule is O=C(Nc1ccc(OC(F)(F)F)c(Br)c1C(F)(C(F)(F)F)C(F)(F)F)c1cccc([N+](=O)[O-])c1F. The molecule has 0 radical (unpaired) electrons. The molecule has 0 bridgehead atoms. The second-order valence-electron chi connectivity index (χ2n) is 6.35. The van der Waals surface area contributed by atoms with Crippen LogP contribution in [0.3, 0.4) is 0 Å². The number of nitrogens with one attached hydrogen (secondary N) is 1. The van der Waals surface area contributed by atoms with E-state index < -0.39 is 73.8 Å². The maximum atomic E-state index is 14.8. The lowest BCUT2D eigenvalue weighted by Gasteiger charge is -2.33. The minimum Gasteiger partial charge on any atom is -0.405 e. The predicted octanol–water partition coefficient (Wildman–Crippen LogP) is 6.94. The first-order valence-corrected chi connectivity index (χ1v) is 9.17. The zero-order valence-electron chi connectivity index (χ0n) is 16.0. The summed E-state index contributed by atoms with van der Waals surface area (Å²) in [5, 5.41) is 12.1. The van der Waals surface area contributed by atoms with Gasteiger partial charge in [-0.1, -0.05) is 6.07 Å². The number of rotatable bonds is 5. The zero-order valence-corrected chi connectivity index (χ0v) is 17.6. The monoisotopic (exact) mass is 590 g/mol. The molecule has 1 amide bonds. The van der Waals surface area contributed by atoms with Crippen LogP contribution in [0.5, 0.6) is 5.75 Å². The Morgan fingerprint density at radius 3 is 1.94 bits per heavy atom. The summed E-state index contributed by atoms with van der Waals surface area (Å²) in [6.45, 7) is 0. The summed E-state index contributed by atoms with van der Waals surface area (Å²) < 4.78 is 148. The van der Waals surface area contributed by atoms with Gasteiger partial charge in [-0.15, -0.1) is 13.2 Å². The number of anilines is 1. The minimum absolute atomic E-state index is 0.000133. The van der Waals surface area contributed by atoms with Crippen LogP contribution in [0.15, 0.2) is 34.8 Å². The van der Waals surface area contributed by atoms with Gasteiger partial charge in [0.2, 0.25) is 5.82 Å². The van der Waals surface area contributed by atoms with Crippen LogP contribution in [-0.2, 0) is 5.67 Å². The molecule has 0 heterocycles. The van der Waals surface area contributed by atoms with E-state index in [1.54, 1.807) is 0 Å². The van der Waals surface area contributed by atoms with Crippen LogP contribution < -0.4 is 10.1 Å². The molecule has 1 N–H and O–H groups in total. The molecule has 18 heteroatoms. The molecule has 2 aromatic rings. The third kappa shape index (κ3) is 5.40. The Bertz CT molecular complexity index is 1150. The number of alkyl halides is 10. The van der Waals surface area contributed by atoms with Crippen molar-refractivity contribution in [2.24, 2.45) is 0 Å². The summed E-state index contributed by atoms with van der Waals surface area (Å²) >= 11 is 2.02. The number of amides is 1. The van der Waals surface area contributed by atoms with E-state index in [0.717, 1.165) is 6.07 Å². The van der Waals surface area contributed by atoms with Gasteiger partial charge in [0.1, 0.15) is 5.75 Å². The Balaban J connectivity index is 2.80. The fraction of sp³-hybridized carbons (Fsp3) is 0.235. The molecular weight excluding hydrogens is 585 g/mol. The lowest BCUT2D eigenvalue weighted by atomic mass is 9.92. The molecule has 35 heavy (non-hydrogen) atoms. The normalized spacial score (nSPS) is 12.9. The van der Waals surface area contributed by atoms with Crippen LogP contribution in [0.1, 0.15) is 15.9 Å². The molecule has 0 saturated carbocycles. The molecule has 192 valence electrons. The number of nitro groups is 1. The highest BCUT2D eigenvalue weighted by Crippen LogP contribution is 2.58. The van der Waals surface area contributed by atoms with Crippen LogP contribution in [0, 0.1) is 15.9 Å². The van der Waals surface area contributed by atoms with E-state index in [9.17, 15) is 63.2 Å². The van der Waals surface area contributed by atoms with Gasteiger partial charge >= 0.3 is 30.1 Å². The van der Waals surface area contributed by atoms with Gasteiger partial charge in [-0.25, -0.2) is 4.39 Å². The first-order valence-electron chi connectivity index (χ1n) is 8.37. The van der Waals surface area contributed by atoms with Crippen molar-refractivity contribution in [2.45, 2.75) is 24.4 Å². The maximum Gasteiger partial charge on any atom is 0.573 e. The summed E-state index contributed by atoms with van der Waals surface area (Å²) in [6.07, 6.45) is -19.3. The number of nitrogens with zero attached hydrogens (tertiary/aromatic N) is 1. The fourth-order valence-corrected chi connectivity index (χ4v) is 3.37. The van der Waals surface area contributed by atoms with Crippen molar-refractivity contribution >= 4 is 33.2 Å². The molecule has 0 fully saturated rings. The molecule has 0 aliphatic rings. The third-order valence-electron chi connectivity index (χ3n) is 4.13. The van der Waals surface area contributed by atoms with Crippen molar-refractivity contribution in [1.29, 1.82) is 0 Å². The lowest BCUT2D eigenvalue weighted by Crippen LogP contribution is -2.51. The Morgan fingerprint density at radius 2 is 1.49 bits per heavy atom. The molecule has 6 nitrogen and oxygen atoms in total. The smallest absolute Gasteiger partial charge is 0.405 e. The van der Waals surface area contributed by atoms with Crippen molar-refractivity contribution in [2.75, 3.05) is 5.32 Å². The van der Waals surface area contributed by atoms with Crippen LogP contribution in [-0.4, -0.2) is 29.5 Å². The lowest BCUT2D eigenvalue weighted by molar-refractivity contribution is -0.387. The van der Waals surface area contributed by atoms with E-state index in [1.807, 2.05) is 15.9 Å². The Labute approximate surface area is 193 Å². The topological polar surface area (TPSA) is 81.5 Å². The molecule has 0 saturated heterocycles. The molecule has 0 aliphatic carbocycles. The second kappa shape index (κ2) is 9.12. The van der Waals surface area contributed by atoms with Gasteiger partial charge in [0.25, 0.3) is 5.91 Å². The fourth-order valence-electron chi connectivity index (χ4n) is 2.67. The minimum atomic E-state index is -6.85. The predicted molar refractivity (Wildman–Crippen MR) is 96.7 cm³/mol. The molecule has 0 aromatic heterocycles. The number of halogens is 12. The standard InChI is InChI=1S/C17H6BrF11N2O4/c18-11-9(35-17(27,28)29)5-4-7(10(11)14(20,15(21,22)23)16(24,25)26)30-13(32)6-2-1-3-8(12(6)19)31(33)34/h1-5H,(H,30,32). The van der Waals surface area contributed by atoms with Gasteiger partial charge in [-0.3, -0.25) is 14.9 Å². The van der Waals surface area contributed by atoms with E-state index in [4.69, 9.17) is 0 Å². The number of carbonyl (C=O) groups is 1. The third-order valence-corrected chi connectivity index (χ3v) is 4.91. The van der Waals surface area contributed by atoms with Crippen molar-refractivity contribution in [3.05, 3.63) is 61.9 Å². The van der Waals surface area contributed by atoms with Gasteiger partial charge in [-0.2, -0.15) is 30.7 Å². The highest BCUT2D eigenvalue weighted by Gasteiger charge is 2.75. The number of nitro benzene ring substituents is 1. The Morgan fingerprint density at radius 1 is 0.943 bits per heavy atom. The summed E-state index contributed by atoms with van der Waals surface area (Å²) in [4.78, 5) is 21.8. The summed E-state index contributed by atoms with van der Waals surface area (Å²) in [6, 6.07) is 1.98. The average molecular weight is 591 g/mol. The largest absolute Gasteiger partial charge is 0.573 e. The first-order chi connectivity index (χ1) is 15.7. The van der Waals surface area contributed by atoms with E-state index in [-0.39, 0.29) is 12.1 Å². The molecule has 0 unspecified atom stereocenters. The van der Waals surface area contributed by atoms with Crippen LogP contribution in [0.25, 0.3) is 0 Å². The van der Waals surface area contributed by atoms with E-state index >= 15 is 0 Å². The Kier molecular flexibility index (Phi) is 7.31. The summed E-state index contributed by atoms with van der Waals surface area (Å²) in [5.74, 6) is -5.50. The molecule has 2 aromatic carbocycles. The van der Waals surface area contributed by atoms with Gasteiger partial charge in [0.15, 0.2) is 0 Å². The average Bonchev–Trinajstić information content (AvgIpc) is 2.67. The number of carbonyl (C=O) groups excluding carboxylic acids is 1. The van der Waals surface area contributed by atoms with Crippen molar-refractivity contribution in [3.63, 3.8) is 0 Å². The molecule has 0 atom stereocenters. The van der Waals surface area contributed by atoms with Crippen LogP contribution >= 0.6 is 15.9 Å². The van der Waals surface area contributed by atoms with Crippen molar-refractivity contribution < 1.29 is 62.7 Å². The van der Waals surface area contributed by atoms with Crippen molar-refractivity contribution in [1.82, 2.24) is 0 Å². The quantitative estimate of drug-likeness (QED) is 0.232. The van der Waals surface area contributed by atoms with E-state index in [2.05, 4.69) is 4.74 Å². The summed E-state index contributed by atoms with van der Waals surface area (Å²) in [5.41, 5.74) is -13.3. The number of hydrogen-bond acceptors (Lipinski definition) is 4. The van der Waals surface area contributed by atoms with Gasteiger partial charge in [-0.05, 0) is 34.1 Å². The van der Waals surface area contributed by atoms with Crippen molar-refractivity contribution in [3.8, 4) is 5.75 Å². The molecular formula is C17H6BrF11N2O4. The highest BCUT2D eigenvalue weighted by atomic mass is 79.9. The van der Waals surface area contributed by atoms with Crippen LogP contribution in [0.2, 0.25) is 0 Å². The molecule has 0 aliphatic heterocycles. The zero-order chi connectivity index (χ0) is 27.1. The van der Waals surface area contributed by atoms with E-state index in [1.165, 1.54) is 5.32 Å². The van der Waals surface area contributed by atoms with Crippen LogP contribution in [0.4, 0.5) is 59.7 Å².